The Morgan fingerprint density at radius 1 is 1.14 bits per heavy atom. The van der Waals surface area contributed by atoms with Gasteiger partial charge in [-0.05, 0) is 48.5 Å². The molecular weight excluding hydrogens is 456 g/mol. The highest BCUT2D eigenvalue weighted by Crippen LogP contribution is 2.27. The minimum atomic E-state index is -0.301. The van der Waals surface area contributed by atoms with Gasteiger partial charge in [-0.1, -0.05) is 6.58 Å². The van der Waals surface area contributed by atoms with Gasteiger partial charge in [0.2, 0.25) is 11.9 Å². The maximum atomic E-state index is 11.7. The topological polar surface area (TPSA) is 131 Å². The van der Waals surface area contributed by atoms with E-state index < -0.39 is 0 Å². The quantitative estimate of drug-likeness (QED) is 0.340. The average molecular weight is 483 g/mol. The molecule has 36 heavy (non-hydrogen) atoms. The number of carbonyl (C=O) groups is 1. The predicted octanol–water partition coefficient (Wildman–Crippen LogP) is 3.12. The number of amides is 1. The molecule has 0 saturated carbocycles. The number of pyridine rings is 2. The molecule has 1 amide bonds. The Morgan fingerprint density at radius 3 is 2.78 bits per heavy atom. The summed E-state index contributed by atoms with van der Waals surface area (Å²) < 4.78 is 5.55. The van der Waals surface area contributed by atoms with Gasteiger partial charge in [0, 0.05) is 54.1 Å². The largest absolute Gasteiger partial charge is 0.377 e. The molecule has 182 valence electrons. The first kappa shape index (κ1) is 23.3. The number of nitrogens with two attached hydrogens (primary N) is 1. The second kappa shape index (κ2) is 10.5. The van der Waals surface area contributed by atoms with E-state index >= 15 is 0 Å². The summed E-state index contributed by atoms with van der Waals surface area (Å²) in [4.78, 5) is 32.1. The molecule has 4 heterocycles. The number of carbonyl (C=O) groups excluding carboxylic acids is 1. The van der Waals surface area contributed by atoms with E-state index in [1.54, 1.807) is 30.7 Å². The van der Waals surface area contributed by atoms with Crippen molar-refractivity contribution in [1.82, 2.24) is 19.9 Å². The third-order valence-electron chi connectivity index (χ3n) is 5.91. The minimum absolute atomic E-state index is 0.171. The number of anilines is 4. The molecule has 1 aliphatic heterocycles. The number of benzene rings is 1. The highest BCUT2D eigenvalue weighted by Gasteiger charge is 2.21. The van der Waals surface area contributed by atoms with E-state index in [4.69, 9.17) is 15.5 Å². The zero-order valence-corrected chi connectivity index (χ0v) is 19.6. The zero-order chi connectivity index (χ0) is 24.9. The average Bonchev–Trinajstić information content (AvgIpc) is 2.93. The van der Waals surface area contributed by atoms with Crippen molar-refractivity contribution < 1.29 is 9.53 Å². The summed E-state index contributed by atoms with van der Waals surface area (Å²) >= 11 is 0. The molecule has 5 rings (SSSR count). The van der Waals surface area contributed by atoms with Crippen LogP contribution in [0, 0.1) is 0 Å². The number of hydrogen-bond acceptors (Lipinski definition) is 9. The molecule has 1 aliphatic rings. The van der Waals surface area contributed by atoms with Crippen LogP contribution in [0.15, 0.2) is 73.7 Å². The fraction of sp³-hybridized carbons (Fsp3) is 0.192. The Labute approximate surface area is 208 Å². The lowest BCUT2D eigenvalue weighted by molar-refractivity contribution is -0.111. The molecule has 1 aromatic carbocycles. The lowest BCUT2D eigenvalue weighted by Crippen LogP contribution is -2.49. The van der Waals surface area contributed by atoms with E-state index in [2.05, 4.69) is 49.2 Å². The summed E-state index contributed by atoms with van der Waals surface area (Å²) in [5, 5.41) is 6.83. The molecule has 1 atom stereocenters. The molecule has 0 radical (unpaired) electrons. The number of aromatic nitrogens is 4. The smallest absolute Gasteiger partial charge is 0.247 e. The second-order valence-electron chi connectivity index (χ2n) is 8.24. The van der Waals surface area contributed by atoms with Crippen LogP contribution in [0.4, 0.5) is 23.0 Å². The van der Waals surface area contributed by atoms with Crippen molar-refractivity contribution in [3.05, 3.63) is 73.7 Å². The number of ether oxygens (including phenoxy) is 1. The van der Waals surface area contributed by atoms with Crippen molar-refractivity contribution in [1.29, 1.82) is 0 Å². The third kappa shape index (κ3) is 4.99. The number of rotatable bonds is 7. The molecule has 10 heteroatoms. The fourth-order valence-corrected chi connectivity index (χ4v) is 4.09. The number of nitrogens with one attached hydrogen (secondary N) is 2. The van der Waals surface area contributed by atoms with Gasteiger partial charge in [-0.2, -0.15) is 0 Å². The Balaban J connectivity index is 1.40. The van der Waals surface area contributed by atoms with Gasteiger partial charge in [-0.15, -0.1) is 0 Å². The van der Waals surface area contributed by atoms with Crippen LogP contribution in [0.2, 0.25) is 0 Å². The SMILES string of the molecule is C=CC(=O)Nc1ccnc(-c2nccc3cnc(Nc4ccc(N5CCOCC5CN)cc4)nc23)c1. The molecule has 0 aliphatic carbocycles. The molecule has 0 bridgehead atoms. The van der Waals surface area contributed by atoms with Crippen molar-refractivity contribution in [3.63, 3.8) is 0 Å². The summed E-state index contributed by atoms with van der Waals surface area (Å²) in [6.07, 6.45) is 6.25. The van der Waals surface area contributed by atoms with Gasteiger partial charge >= 0.3 is 0 Å². The van der Waals surface area contributed by atoms with Gasteiger partial charge in [0.1, 0.15) is 11.2 Å². The van der Waals surface area contributed by atoms with E-state index in [9.17, 15) is 4.79 Å². The summed E-state index contributed by atoms with van der Waals surface area (Å²) in [6, 6.07) is 13.5. The molecule has 10 nitrogen and oxygen atoms in total. The van der Waals surface area contributed by atoms with E-state index in [1.807, 2.05) is 18.2 Å². The monoisotopic (exact) mass is 482 g/mol. The zero-order valence-electron chi connectivity index (χ0n) is 19.6. The minimum Gasteiger partial charge on any atom is -0.377 e. The maximum Gasteiger partial charge on any atom is 0.247 e. The van der Waals surface area contributed by atoms with Crippen molar-refractivity contribution in [3.8, 4) is 11.4 Å². The summed E-state index contributed by atoms with van der Waals surface area (Å²) in [6.45, 7) is 6.16. The van der Waals surface area contributed by atoms with E-state index in [1.165, 1.54) is 6.08 Å². The highest BCUT2D eigenvalue weighted by atomic mass is 16.5. The number of fused-ring (bicyclic) bond motifs is 1. The van der Waals surface area contributed by atoms with Gasteiger partial charge in [-0.25, -0.2) is 9.97 Å². The van der Waals surface area contributed by atoms with Crippen molar-refractivity contribution in [2.75, 3.05) is 41.8 Å². The molecular formula is C26H26N8O2. The normalized spacial score (nSPS) is 15.5. The second-order valence-corrected chi connectivity index (χ2v) is 8.24. The van der Waals surface area contributed by atoms with Gasteiger partial charge in [0.05, 0.1) is 24.9 Å². The first-order chi connectivity index (χ1) is 17.6. The van der Waals surface area contributed by atoms with Crippen LogP contribution in [0.1, 0.15) is 0 Å². The summed E-state index contributed by atoms with van der Waals surface area (Å²) in [7, 11) is 0. The van der Waals surface area contributed by atoms with Crippen LogP contribution < -0.4 is 21.3 Å². The number of morpholine rings is 1. The molecule has 0 spiro atoms. The molecule has 4 N–H and O–H groups in total. The fourth-order valence-electron chi connectivity index (χ4n) is 4.09. The third-order valence-corrected chi connectivity index (χ3v) is 5.91. The lowest BCUT2D eigenvalue weighted by Gasteiger charge is -2.36. The van der Waals surface area contributed by atoms with Crippen LogP contribution in [0.3, 0.4) is 0 Å². The predicted molar refractivity (Wildman–Crippen MR) is 140 cm³/mol. The summed E-state index contributed by atoms with van der Waals surface area (Å²) in [5.74, 6) is 0.136. The molecule has 4 aromatic rings. The molecule has 3 aromatic heterocycles. The first-order valence-electron chi connectivity index (χ1n) is 11.6. The van der Waals surface area contributed by atoms with Crippen molar-refractivity contribution in [2.45, 2.75) is 6.04 Å². The van der Waals surface area contributed by atoms with Crippen LogP contribution in [0.5, 0.6) is 0 Å². The van der Waals surface area contributed by atoms with Crippen molar-refractivity contribution in [2.24, 2.45) is 5.73 Å². The number of hydrogen-bond donors (Lipinski definition) is 3. The Kier molecular flexibility index (Phi) is 6.78. The number of nitrogens with zero attached hydrogens (tertiary/aromatic N) is 5. The van der Waals surface area contributed by atoms with Gasteiger partial charge in [0.25, 0.3) is 0 Å². The van der Waals surface area contributed by atoms with Crippen LogP contribution in [-0.4, -0.2) is 58.2 Å². The molecule has 1 fully saturated rings. The first-order valence-corrected chi connectivity index (χ1v) is 11.6. The van der Waals surface area contributed by atoms with Crippen LogP contribution in [-0.2, 0) is 9.53 Å². The summed E-state index contributed by atoms with van der Waals surface area (Å²) in [5.41, 5.74) is 10.3. The van der Waals surface area contributed by atoms with Crippen molar-refractivity contribution >= 4 is 39.8 Å². The van der Waals surface area contributed by atoms with E-state index in [0.717, 1.165) is 23.3 Å². The Hall–Kier alpha value is -4.41. The molecule has 1 saturated heterocycles. The van der Waals surface area contributed by atoms with Crippen LogP contribution >= 0.6 is 0 Å². The van der Waals surface area contributed by atoms with Gasteiger partial charge in [-0.3, -0.25) is 14.8 Å². The van der Waals surface area contributed by atoms with E-state index in [-0.39, 0.29) is 11.9 Å². The van der Waals surface area contributed by atoms with Gasteiger partial charge in [0.15, 0.2) is 0 Å². The lowest BCUT2D eigenvalue weighted by atomic mass is 10.1. The van der Waals surface area contributed by atoms with Crippen LogP contribution in [0.25, 0.3) is 22.3 Å². The highest BCUT2D eigenvalue weighted by molar-refractivity contribution is 5.99. The van der Waals surface area contributed by atoms with E-state index in [0.29, 0.717) is 48.3 Å². The standard InChI is InChI=1S/C26H26N8O2/c1-2-23(35)31-19-8-10-28-22(13-19)25-24-17(7-9-29-25)15-30-26(33-24)32-18-3-5-20(6-4-18)34-11-12-36-16-21(34)14-27/h2-10,13,15,21H,1,11-12,14,16,27H2,(H,28,31,35)(H,30,32,33). The Bertz CT molecular complexity index is 1390. The maximum absolute atomic E-state index is 11.7. The molecule has 1 unspecified atom stereocenters. The Morgan fingerprint density at radius 2 is 1.97 bits per heavy atom. The van der Waals surface area contributed by atoms with Gasteiger partial charge < -0.3 is 26.0 Å².